The molecule has 0 saturated carbocycles. The second kappa shape index (κ2) is 2.44. The maximum atomic E-state index is 11.3. The van der Waals surface area contributed by atoms with Crippen LogP contribution in [0.3, 0.4) is 0 Å². The molecule has 1 fully saturated rings. The second-order valence-electron chi connectivity index (χ2n) is 3.22. The van der Waals surface area contributed by atoms with E-state index in [0.29, 0.717) is 4.31 Å². The Kier molecular flexibility index (Phi) is 1.87. The van der Waals surface area contributed by atoms with Crippen molar-refractivity contribution in [3.63, 3.8) is 0 Å². The lowest BCUT2D eigenvalue weighted by Crippen LogP contribution is -2.68. The van der Waals surface area contributed by atoms with Crippen molar-refractivity contribution in [1.29, 1.82) is 0 Å². The quantitative estimate of drug-likeness (QED) is 0.628. The molecule has 1 aliphatic rings. The number of carbonyl (C=O) groups is 2. The zero-order valence-corrected chi connectivity index (χ0v) is 7.96. The predicted octanol–water partition coefficient (Wildman–Crippen LogP) is -0.978. The molecule has 1 N–H and O–H groups in total. The zero-order valence-electron chi connectivity index (χ0n) is 7.14. The van der Waals surface area contributed by atoms with Crippen LogP contribution in [0.1, 0.15) is 13.8 Å². The smallest absolute Gasteiger partial charge is 0.324 e. The van der Waals surface area contributed by atoms with E-state index < -0.39 is 33.2 Å². The Balaban J connectivity index is 2.96. The van der Waals surface area contributed by atoms with Crippen LogP contribution in [0.2, 0.25) is 0 Å². The lowest BCUT2D eigenvalue weighted by molar-refractivity contribution is -0.143. The van der Waals surface area contributed by atoms with Gasteiger partial charge in [-0.15, -0.1) is 0 Å². The summed E-state index contributed by atoms with van der Waals surface area (Å²) in [4.78, 5) is 21.3. The second-order valence-corrected chi connectivity index (χ2v) is 5.63. The van der Waals surface area contributed by atoms with E-state index in [4.69, 9.17) is 5.11 Å². The normalized spacial score (nSPS) is 23.8. The third kappa shape index (κ3) is 1.11. The molecule has 6 nitrogen and oxygen atoms in total. The summed E-state index contributed by atoms with van der Waals surface area (Å²) in [6, 6.07) is 0. The summed E-state index contributed by atoms with van der Waals surface area (Å²) < 4.78 is 21.4. The SMILES string of the molecule is CC1(C)C(=O)N(CC(=O)O)S1(=O)=O. The summed E-state index contributed by atoms with van der Waals surface area (Å²) in [5, 5.41) is 8.31. The summed E-state index contributed by atoms with van der Waals surface area (Å²) in [5.74, 6) is -2.01. The van der Waals surface area contributed by atoms with E-state index in [2.05, 4.69) is 0 Å². The van der Waals surface area contributed by atoms with Gasteiger partial charge in [0, 0.05) is 0 Å². The number of sulfonamides is 1. The number of hydrogen-bond donors (Lipinski definition) is 1. The highest BCUT2D eigenvalue weighted by Gasteiger charge is 2.60. The van der Waals surface area contributed by atoms with Crippen molar-refractivity contribution in [2.24, 2.45) is 0 Å². The molecule has 0 spiro atoms. The van der Waals surface area contributed by atoms with E-state index in [1.807, 2.05) is 0 Å². The van der Waals surface area contributed by atoms with Gasteiger partial charge in [0.15, 0.2) is 4.75 Å². The van der Waals surface area contributed by atoms with Crippen molar-refractivity contribution in [2.45, 2.75) is 18.6 Å². The fraction of sp³-hybridized carbons (Fsp3) is 0.667. The van der Waals surface area contributed by atoms with Crippen LogP contribution in [0.15, 0.2) is 0 Å². The van der Waals surface area contributed by atoms with Crippen LogP contribution in [0.5, 0.6) is 0 Å². The average molecular weight is 207 g/mol. The van der Waals surface area contributed by atoms with E-state index in [0.717, 1.165) is 0 Å². The van der Waals surface area contributed by atoms with E-state index >= 15 is 0 Å². The molecule has 0 unspecified atom stereocenters. The van der Waals surface area contributed by atoms with Crippen molar-refractivity contribution < 1.29 is 23.1 Å². The first-order valence-electron chi connectivity index (χ1n) is 3.50. The van der Waals surface area contributed by atoms with E-state index in [1.54, 1.807) is 0 Å². The summed E-state index contributed by atoms with van der Waals surface area (Å²) in [6.45, 7) is 1.72. The van der Waals surface area contributed by atoms with Gasteiger partial charge in [0.2, 0.25) is 0 Å². The number of nitrogens with zero attached hydrogens (tertiary/aromatic N) is 1. The van der Waals surface area contributed by atoms with E-state index in [-0.39, 0.29) is 0 Å². The Bertz CT molecular complexity index is 368. The Morgan fingerprint density at radius 1 is 1.54 bits per heavy atom. The van der Waals surface area contributed by atoms with Gasteiger partial charge in [-0.3, -0.25) is 9.59 Å². The first kappa shape index (κ1) is 9.97. The van der Waals surface area contributed by atoms with Gasteiger partial charge < -0.3 is 5.11 Å². The maximum absolute atomic E-state index is 11.3. The van der Waals surface area contributed by atoms with Gasteiger partial charge in [-0.25, -0.2) is 12.7 Å². The standard InChI is InChI=1S/C6H9NO5S/c1-6(2)5(10)7(3-4(8)9)13(6,11)12/h3H2,1-2H3,(H,8,9). The van der Waals surface area contributed by atoms with Crippen LogP contribution < -0.4 is 0 Å². The van der Waals surface area contributed by atoms with E-state index in [9.17, 15) is 18.0 Å². The van der Waals surface area contributed by atoms with Gasteiger partial charge in [0.05, 0.1) is 0 Å². The molecule has 0 aromatic carbocycles. The molecule has 0 aromatic rings. The Hall–Kier alpha value is -1.11. The Morgan fingerprint density at radius 3 is 2.31 bits per heavy atom. The summed E-state index contributed by atoms with van der Waals surface area (Å²) in [5.41, 5.74) is 0. The van der Waals surface area contributed by atoms with Crippen molar-refractivity contribution in [3.8, 4) is 0 Å². The zero-order chi connectivity index (χ0) is 10.4. The van der Waals surface area contributed by atoms with Crippen LogP contribution in [-0.4, -0.2) is 41.0 Å². The summed E-state index contributed by atoms with van der Waals surface area (Å²) >= 11 is 0. The molecule has 7 heteroatoms. The van der Waals surface area contributed by atoms with Gasteiger partial charge >= 0.3 is 5.97 Å². The molecule has 1 saturated heterocycles. The molecule has 1 heterocycles. The molecule has 1 amide bonds. The molecule has 1 rings (SSSR count). The molecule has 0 aliphatic carbocycles. The number of amides is 1. The van der Waals surface area contributed by atoms with Crippen LogP contribution in [0, 0.1) is 0 Å². The lowest BCUT2D eigenvalue weighted by atomic mass is 10.2. The van der Waals surface area contributed by atoms with Crippen LogP contribution in [0.4, 0.5) is 0 Å². The fourth-order valence-electron chi connectivity index (χ4n) is 1.04. The van der Waals surface area contributed by atoms with Crippen molar-refractivity contribution in [2.75, 3.05) is 6.54 Å². The van der Waals surface area contributed by atoms with Crippen molar-refractivity contribution >= 4 is 21.9 Å². The molecule has 0 aromatic heterocycles. The Morgan fingerprint density at radius 2 is 2.00 bits per heavy atom. The molecular weight excluding hydrogens is 198 g/mol. The van der Waals surface area contributed by atoms with Crippen molar-refractivity contribution in [3.05, 3.63) is 0 Å². The largest absolute Gasteiger partial charge is 0.480 e. The third-order valence-electron chi connectivity index (χ3n) is 1.96. The summed E-state index contributed by atoms with van der Waals surface area (Å²) in [6.07, 6.45) is 0. The number of carboxylic acid groups (broad SMARTS) is 1. The molecule has 0 bridgehead atoms. The molecule has 74 valence electrons. The molecular formula is C6H9NO5S. The number of hydrogen-bond acceptors (Lipinski definition) is 4. The number of aliphatic carboxylic acids is 1. The minimum atomic E-state index is -3.74. The highest BCUT2D eigenvalue weighted by Crippen LogP contribution is 2.34. The Labute approximate surface area is 75.2 Å². The molecule has 13 heavy (non-hydrogen) atoms. The maximum Gasteiger partial charge on any atom is 0.324 e. The highest BCUT2D eigenvalue weighted by molar-refractivity contribution is 7.94. The van der Waals surface area contributed by atoms with Gasteiger partial charge in [-0.2, -0.15) is 0 Å². The molecule has 1 aliphatic heterocycles. The third-order valence-corrected chi connectivity index (χ3v) is 4.30. The topological polar surface area (TPSA) is 91.8 Å². The van der Waals surface area contributed by atoms with Crippen molar-refractivity contribution in [1.82, 2.24) is 4.31 Å². The predicted molar refractivity (Wildman–Crippen MR) is 42.3 cm³/mol. The number of carbonyl (C=O) groups excluding carboxylic acids is 1. The van der Waals surface area contributed by atoms with Crippen LogP contribution >= 0.6 is 0 Å². The fourth-order valence-corrected chi connectivity index (χ4v) is 2.51. The average Bonchev–Trinajstić information content (AvgIpc) is 1.98. The lowest BCUT2D eigenvalue weighted by Gasteiger charge is -2.41. The van der Waals surface area contributed by atoms with Crippen LogP contribution in [-0.2, 0) is 19.6 Å². The number of carboxylic acids is 1. The summed E-state index contributed by atoms with van der Waals surface area (Å²) in [7, 11) is -3.74. The molecule has 0 radical (unpaired) electrons. The number of rotatable bonds is 2. The van der Waals surface area contributed by atoms with Gasteiger partial charge in [0.1, 0.15) is 6.54 Å². The minimum Gasteiger partial charge on any atom is -0.480 e. The first-order chi connectivity index (χ1) is 5.71. The van der Waals surface area contributed by atoms with Gasteiger partial charge in [-0.05, 0) is 13.8 Å². The van der Waals surface area contributed by atoms with Gasteiger partial charge in [0.25, 0.3) is 15.9 Å². The van der Waals surface area contributed by atoms with E-state index in [1.165, 1.54) is 13.8 Å². The first-order valence-corrected chi connectivity index (χ1v) is 4.94. The monoisotopic (exact) mass is 207 g/mol. The highest BCUT2D eigenvalue weighted by atomic mass is 32.2. The molecule has 0 atom stereocenters. The minimum absolute atomic E-state index is 0.370. The van der Waals surface area contributed by atoms with Crippen LogP contribution in [0.25, 0.3) is 0 Å². The van der Waals surface area contributed by atoms with Gasteiger partial charge in [-0.1, -0.05) is 0 Å².